The lowest BCUT2D eigenvalue weighted by Crippen LogP contribution is -1.83. The number of unbranched alkanes of at least 4 members (excludes halogenated alkanes) is 10. The fourth-order valence-corrected chi connectivity index (χ4v) is 2.08. The number of rotatable bonds is 14. The van der Waals surface area contributed by atoms with Crippen LogP contribution < -0.4 is 0 Å². The van der Waals surface area contributed by atoms with E-state index in [2.05, 4.69) is 12.2 Å². The number of aliphatic hydroxyl groups excluding tert-OH is 1. The second kappa shape index (κ2) is 16.6. The van der Waals surface area contributed by atoms with Gasteiger partial charge < -0.3 is 5.11 Å². The molecule has 0 rings (SSSR count). The number of aliphatic hydroxyl groups is 1. The quantitative estimate of drug-likeness (QED) is 0.336. The molecule has 0 heterocycles. The molecule has 1 nitrogen and oxygen atoms in total. The Balaban J connectivity index is 2.94. The van der Waals surface area contributed by atoms with Crippen LogP contribution in [0.2, 0.25) is 0 Å². The van der Waals surface area contributed by atoms with Gasteiger partial charge in [0, 0.05) is 6.61 Å². The molecule has 0 aromatic heterocycles. The lowest BCUT2D eigenvalue weighted by atomic mass is 10.1. The van der Waals surface area contributed by atoms with Gasteiger partial charge in [0.15, 0.2) is 0 Å². The second-order valence-electron chi connectivity index (χ2n) is 5.00. The maximum atomic E-state index is 11.8. The van der Waals surface area contributed by atoms with Gasteiger partial charge in [0.2, 0.25) is 0 Å². The molecular weight excluding hydrogens is 227 g/mol. The van der Waals surface area contributed by atoms with E-state index in [0.29, 0.717) is 0 Å². The minimum Gasteiger partial charge on any atom is -0.396 e. The number of allylic oxidation sites excluding steroid dienone is 1. The third-order valence-electron chi connectivity index (χ3n) is 3.22. The first kappa shape index (κ1) is 17.6. The Labute approximate surface area is 112 Å². The standard InChI is InChI=1S/C16H31FO/c17-15-13-11-9-7-5-3-1-2-4-6-8-10-12-14-16-18/h10,12,18H,1-9,11,13-16H2/b12-10+. The van der Waals surface area contributed by atoms with Crippen LogP contribution in [0.1, 0.15) is 77.0 Å². The van der Waals surface area contributed by atoms with Gasteiger partial charge >= 0.3 is 0 Å². The fraction of sp³-hybridized carbons (Fsp3) is 0.875. The van der Waals surface area contributed by atoms with Crippen LogP contribution in [0.5, 0.6) is 0 Å². The third kappa shape index (κ3) is 15.6. The first-order chi connectivity index (χ1) is 8.91. The van der Waals surface area contributed by atoms with Gasteiger partial charge in [-0.25, -0.2) is 0 Å². The molecule has 0 aromatic rings. The lowest BCUT2D eigenvalue weighted by Gasteiger charge is -2.01. The summed E-state index contributed by atoms with van der Waals surface area (Å²) in [5.41, 5.74) is 0. The molecule has 0 aromatic carbocycles. The van der Waals surface area contributed by atoms with Crippen LogP contribution in [0.3, 0.4) is 0 Å². The maximum absolute atomic E-state index is 11.8. The molecule has 0 aliphatic rings. The van der Waals surface area contributed by atoms with Crippen LogP contribution in [-0.2, 0) is 0 Å². The predicted octanol–water partition coefficient (Wildman–Crippen LogP) is 5.19. The summed E-state index contributed by atoms with van der Waals surface area (Å²) >= 11 is 0. The Morgan fingerprint density at radius 1 is 0.611 bits per heavy atom. The molecule has 0 fully saturated rings. The van der Waals surface area contributed by atoms with E-state index in [9.17, 15) is 4.39 Å². The Hall–Kier alpha value is -0.370. The van der Waals surface area contributed by atoms with E-state index in [1.54, 1.807) is 0 Å². The van der Waals surface area contributed by atoms with Gasteiger partial charge in [-0.15, -0.1) is 0 Å². The van der Waals surface area contributed by atoms with Gasteiger partial charge in [-0.05, 0) is 25.7 Å². The number of alkyl halides is 1. The van der Waals surface area contributed by atoms with Crippen molar-refractivity contribution in [2.24, 2.45) is 0 Å². The number of halogens is 1. The van der Waals surface area contributed by atoms with Gasteiger partial charge in [-0.2, -0.15) is 0 Å². The third-order valence-corrected chi connectivity index (χ3v) is 3.22. The average molecular weight is 258 g/mol. The molecule has 0 unspecified atom stereocenters. The first-order valence-electron chi connectivity index (χ1n) is 7.73. The van der Waals surface area contributed by atoms with E-state index < -0.39 is 0 Å². The second-order valence-corrected chi connectivity index (χ2v) is 5.00. The summed E-state index contributed by atoms with van der Waals surface area (Å²) in [4.78, 5) is 0. The molecule has 0 bridgehead atoms. The van der Waals surface area contributed by atoms with Gasteiger partial charge in [0.05, 0.1) is 6.67 Å². The van der Waals surface area contributed by atoms with E-state index in [4.69, 9.17) is 5.11 Å². The lowest BCUT2D eigenvalue weighted by molar-refractivity contribution is 0.302. The monoisotopic (exact) mass is 258 g/mol. The molecule has 0 aliphatic heterocycles. The summed E-state index contributed by atoms with van der Waals surface area (Å²) in [5, 5.41) is 8.59. The minimum atomic E-state index is -0.146. The summed E-state index contributed by atoms with van der Waals surface area (Å²) in [6, 6.07) is 0. The summed E-state index contributed by atoms with van der Waals surface area (Å²) in [6.07, 6.45) is 18.5. The van der Waals surface area contributed by atoms with Gasteiger partial charge in [0.1, 0.15) is 0 Å². The first-order valence-corrected chi connectivity index (χ1v) is 7.73. The van der Waals surface area contributed by atoms with E-state index in [1.807, 2.05) is 0 Å². The smallest absolute Gasteiger partial charge is 0.0894 e. The van der Waals surface area contributed by atoms with E-state index in [-0.39, 0.29) is 13.3 Å². The highest BCUT2D eigenvalue weighted by Crippen LogP contribution is 2.11. The molecule has 0 saturated heterocycles. The zero-order valence-corrected chi connectivity index (χ0v) is 11.9. The predicted molar refractivity (Wildman–Crippen MR) is 77.6 cm³/mol. The van der Waals surface area contributed by atoms with Crippen molar-refractivity contribution in [1.29, 1.82) is 0 Å². The Kier molecular flexibility index (Phi) is 16.3. The Morgan fingerprint density at radius 3 is 1.56 bits per heavy atom. The van der Waals surface area contributed by atoms with Crippen molar-refractivity contribution >= 4 is 0 Å². The van der Waals surface area contributed by atoms with Crippen molar-refractivity contribution in [3.05, 3.63) is 12.2 Å². The SMILES string of the molecule is OCC/C=C/CCCCCCCCCCCCF. The zero-order chi connectivity index (χ0) is 13.3. The topological polar surface area (TPSA) is 20.2 Å². The normalized spacial score (nSPS) is 11.4. The van der Waals surface area contributed by atoms with Gasteiger partial charge in [-0.1, -0.05) is 63.5 Å². The molecule has 1 N–H and O–H groups in total. The average Bonchev–Trinajstić information content (AvgIpc) is 2.39. The minimum absolute atomic E-state index is 0.146. The van der Waals surface area contributed by atoms with Crippen LogP contribution in [0, 0.1) is 0 Å². The van der Waals surface area contributed by atoms with Crippen molar-refractivity contribution in [2.75, 3.05) is 13.3 Å². The largest absolute Gasteiger partial charge is 0.396 e. The van der Waals surface area contributed by atoms with Crippen LogP contribution >= 0.6 is 0 Å². The van der Waals surface area contributed by atoms with Crippen LogP contribution in [0.4, 0.5) is 4.39 Å². The van der Waals surface area contributed by atoms with Gasteiger partial charge in [-0.3, -0.25) is 4.39 Å². The Morgan fingerprint density at radius 2 is 1.06 bits per heavy atom. The highest BCUT2D eigenvalue weighted by molar-refractivity contribution is 4.80. The van der Waals surface area contributed by atoms with E-state index in [0.717, 1.165) is 25.7 Å². The molecule has 0 spiro atoms. The molecule has 18 heavy (non-hydrogen) atoms. The maximum Gasteiger partial charge on any atom is 0.0894 e. The van der Waals surface area contributed by atoms with E-state index in [1.165, 1.54) is 51.4 Å². The molecule has 0 saturated carbocycles. The molecule has 0 aliphatic carbocycles. The van der Waals surface area contributed by atoms with Crippen molar-refractivity contribution in [3.8, 4) is 0 Å². The van der Waals surface area contributed by atoms with Crippen molar-refractivity contribution < 1.29 is 9.50 Å². The molecule has 0 atom stereocenters. The van der Waals surface area contributed by atoms with Crippen molar-refractivity contribution in [3.63, 3.8) is 0 Å². The molecule has 0 radical (unpaired) electrons. The Bertz CT molecular complexity index is 168. The molecule has 108 valence electrons. The van der Waals surface area contributed by atoms with E-state index >= 15 is 0 Å². The molecular formula is C16H31FO. The highest BCUT2D eigenvalue weighted by atomic mass is 19.1. The van der Waals surface area contributed by atoms with Crippen LogP contribution in [0.15, 0.2) is 12.2 Å². The summed E-state index contributed by atoms with van der Waals surface area (Å²) < 4.78 is 11.8. The van der Waals surface area contributed by atoms with Crippen molar-refractivity contribution in [1.82, 2.24) is 0 Å². The molecule has 0 amide bonds. The summed E-state index contributed by atoms with van der Waals surface area (Å²) in [5.74, 6) is 0. The fourth-order valence-electron chi connectivity index (χ4n) is 2.08. The summed E-state index contributed by atoms with van der Waals surface area (Å²) in [7, 11) is 0. The molecule has 2 heteroatoms. The van der Waals surface area contributed by atoms with Crippen molar-refractivity contribution in [2.45, 2.75) is 77.0 Å². The number of hydrogen-bond acceptors (Lipinski definition) is 1. The highest BCUT2D eigenvalue weighted by Gasteiger charge is 1.92. The zero-order valence-electron chi connectivity index (χ0n) is 11.9. The van der Waals surface area contributed by atoms with Crippen LogP contribution in [0.25, 0.3) is 0 Å². The summed E-state index contributed by atoms with van der Waals surface area (Å²) in [6.45, 7) is 0.120. The van der Waals surface area contributed by atoms with Gasteiger partial charge in [0.25, 0.3) is 0 Å². The van der Waals surface area contributed by atoms with Crippen LogP contribution in [-0.4, -0.2) is 18.4 Å². The number of hydrogen-bond donors (Lipinski definition) is 1.